The van der Waals surface area contributed by atoms with E-state index in [0.717, 1.165) is 18.4 Å². The van der Waals surface area contributed by atoms with E-state index in [4.69, 9.17) is 10.5 Å². The number of hydrogen-bond acceptors (Lipinski definition) is 6. The fraction of sp³-hybridized carbons (Fsp3) is 0.667. The molecule has 0 aliphatic heterocycles. The number of carbonyl (C=O) groups is 1. The molecule has 2 aliphatic rings. The largest absolute Gasteiger partial charge is 0.411 e. The number of ether oxygens (including phenoxy) is 1. The number of nitrogens with two attached hydrogens (primary N) is 1. The molecule has 0 bridgehead atoms. The second-order valence-electron chi connectivity index (χ2n) is 8.48. The zero-order valence-electron chi connectivity index (χ0n) is 17.5. The number of anilines is 1. The highest BCUT2D eigenvalue weighted by molar-refractivity contribution is 5.97. The van der Waals surface area contributed by atoms with Crippen molar-refractivity contribution in [3.05, 3.63) is 23.2 Å². The maximum atomic E-state index is 12.3. The molecule has 31 heavy (non-hydrogen) atoms. The lowest BCUT2D eigenvalue weighted by atomic mass is 9.85. The van der Waals surface area contributed by atoms with E-state index in [1.807, 2.05) is 6.92 Å². The molecule has 2 saturated carbocycles. The second kappa shape index (κ2) is 9.95. The Morgan fingerprint density at radius 2 is 2.03 bits per heavy atom. The van der Waals surface area contributed by atoms with E-state index < -0.39 is 30.9 Å². The number of carbonyl (C=O) groups excluding carboxylic acids is 1. The van der Waals surface area contributed by atoms with E-state index in [1.54, 1.807) is 6.08 Å². The number of aliphatic hydroxyl groups excluding tert-OH is 1. The lowest BCUT2D eigenvalue weighted by Crippen LogP contribution is -2.35. The molecule has 2 fully saturated rings. The van der Waals surface area contributed by atoms with Crippen LogP contribution >= 0.6 is 0 Å². The summed E-state index contributed by atoms with van der Waals surface area (Å²) in [6.45, 7) is 0.783. The Kier molecular flexibility index (Phi) is 7.53. The molecular formula is C21H29F3N4O3. The monoisotopic (exact) mass is 442 g/mol. The lowest BCUT2D eigenvalue weighted by molar-refractivity contribution is -0.187. The number of aromatic nitrogens is 2. The summed E-state index contributed by atoms with van der Waals surface area (Å²) in [5.74, 6) is 0.327. The first-order valence-corrected chi connectivity index (χ1v) is 10.6. The fourth-order valence-electron chi connectivity index (χ4n) is 4.05. The van der Waals surface area contributed by atoms with E-state index in [0.29, 0.717) is 43.7 Å². The van der Waals surface area contributed by atoms with Gasteiger partial charge in [-0.2, -0.15) is 13.2 Å². The molecule has 0 aromatic carbocycles. The number of nitrogens with one attached hydrogen (secondary N) is 1. The van der Waals surface area contributed by atoms with Crippen LogP contribution in [-0.2, 0) is 4.74 Å². The number of amides is 1. The molecule has 2 unspecified atom stereocenters. The molecule has 1 heterocycles. The van der Waals surface area contributed by atoms with Gasteiger partial charge in [0.05, 0.1) is 17.8 Å². The van der Waals surface area contributed by atoms with Crippen molar-refractivity contribution in [2.45, 2.75) is 76.3 Å². The van der Waals surface area contributed by atoms with Crippen LogP contribution in [0.25, 0.3) is 6.08 Å². The first-order chi connectivity index (χ1) is 14.6. The topological polar surface area (TPSA) is 110 Å². The minimum absolute atomic E-state index is 0.0269. The standard InChI is InChI=1S/C21H29F3N4O3/c1-12-2-5-14(9-17(12)29)27-20-16(19(25)30)10-26-18(28-20)8-13-3-6-15(7-4-13)31-11-21(22,23)24/h8,10,12,14-15,17,29H,2-7,9,11H2,1H3,(H2,25,30)(H,26,27,28)/t12-,14?,15?,17?/m1/s1. The van der Waals surface area contributed by atoms with Gasteiger partial charge in [-0.25, -0.2) is 9.97 Å². The van der Waals surface area contributed by atoms with Crippen LogP contribution in [0.3, 0.4) is 0 Å². The van der Waals surface area contributed by atoms with Crippen LogP contribution < -0.4 is 11.1 Å². The molecule has 1 amide bonds. The Balaban J connectivity index is 1.66. The second-order valence-corrected chi connectivity index (χ2v) is 8.48. The van der Waals surface area contributed by atoms with Gasteiger partial charge in [-0.05, 0) is 56.9 Å². The Morgan fingerprint density at radius 3 is 2.65 bits per heavy atom. The van der Waals surface area contributed by atoms with Gasteiger partial charge in [-0.15, -0.1) is 0 Å². The summed E-state index contributed by atoms with van der Waals surface area (Å²) in [6, 6.07) is -0.0269. The minimum Gasteiger partial charge on any atom is -0.393 e. The Labute approximate surface area is 179 Å². The van der Waals surface area contributed by atoms with Gasteiger partial charge < -0.3 is 20.9 Å². The highest BCUT2D eigenvalue weighted by atomic mass is 19.4. The summed E-state index contributed by atoms with van der Waals surface area (Å²) in [6.07, 6.45) is 2.50. The molecule has 3 rings (SSSR count). The Bertz CT molecular complexity index is 806. The summed E-state index contributed by atoms with van der Waals surface area (Å²) in [7, 11) is 0. The quantitative estimate of drug-likeness (QED) is 0.623. The van der Waals surface area contributed by atoms with Crippen molar-refractivity contribution in [1.82, 2.24) is 9.97 Å². The molecule has 1 aromatic heterocycles. The van der Waals surface area contributed by atoms with Crippen molar-refractivity contribution in [1.29, 1.82) is 0 Å². The lowest BCUT2D eigenvalue weighted by Gasteiger charge is -2.32. The molecule has 0 spiro atoms. The van der Waals surface area contributed by atoms with Gasteiger partial charge in [0.25, 0.3) is 5.91 Å². The molecule has 4 N–H and O–H groups in total. The van der Waals surface area contributed by atoms with E-state index in [-0.39, 0.29) is 17.5 Å². The first-order valence-electron chi connectivity index (χ1n) is 10.6. The van der Waals surface area contributed by atoms with Gasteiger partial charge in [0.15, 0.2) is 5.82 Å². The van der Waals surface area contributed by atoms with Crippen molar-refractivity contribution in [3.63, 3.8) is 0 Å². The number of halogens is 3. The van der Waals surface area contributed by atoms with Crippen molar-refractivity contribution in [3.8, 4) is 0 Å². The van der Waals surface area contributed by atoms with Crippen LogP contribution in [0, 0.1) is 5.92 Å². The predicted octanol–water partition coefficient (Wildman–Crippen LogP) is 3.44. The summed E-state index contributed by atoms with van der Waals surface area (Å²) in [5.41, 5.74) is 6.66. The van der Waals surface area contributed by atoms with E-state index in [1.165, 1.54) is 6.20 Å². The van der Waals surface area contributed by atoms with Crippen LogP contribution in [0.15, 0.2) is 11.8 Å². The molecule has 0 radical (unpaired) electrons. The van der Waals surface area contributed by atoms with E-state index in [2.05, 4.69) is 15.3 Å². The zero-order valence-corrected chi connectivity index (χ0v) is 17.5. The highest BCUT2D eigenvalue weighted by Gasteiger charge is 2.30. The molecule has 3 atom stereocenters. The van der Waals surface area contributed by atoms with Gasteiger partial charge in [-0.1, -0.05) is 12.5 Å². The number of allylic oxidation sites excluding steroid dienone is 1. The van der Waals surface area contributed by atoms with Crippen LogP contribution in [0.1, 0.15) is 68.1 Å². The SMILES string of the molecule is C[C@@H]1CCC(Nc2nc(C=C3CCC(OCC(F)(F)F)CC3)ncc2C(N)=O)CC1O. The summed E-state index contributed by atoms with van der Waals surface area (Å²) in [4.78, 5) is 20.5. The van der Waals surface area contributed by atoms with Crippen LogP contribution in [0.2, 0.25) is 0 Å². The summed E-state index contributed by atoms with van der Waals surface area (Å²) in [5, 5.41) is 13.4. The smallest absolute Gasteiger partial charge is 0.393 e. The van der Waals surface area contributed by atoms with Crippen molar-refractivity contribution in [2.75, 3.05) is 11.9 Å². The zero-order chi connectivity index (χ0) is 22.6. The fourth-order valence-corrected chi connectivity index (χ4v) is 4.05. The molecule has 1 aromatic rings. The number of rotatable bonds is 6. The third-order valence-corrected chi connectivity index (χ3v) is 5.96. The van der Waals surface area contributed by atoms with Crippen LogP contribution in [0.4, 0.5) is 19.0 Å². The predicted molar refractivity (Wildman–Crippen MR) is 109 cm³/mol. The minimum atomic E-state index is -4.32. The number of aliphatic hydroxyl groups is 1. The van der Waals surface area contributed by atoms with Gasteiger partial charge in [0.2, 0.25) is 0 Å². The molecule has 10 heteroatoms. The van der Waals surface area contributed by atoms with Crippen LogP contribution in [-0.4, -0.2) is 52.0 Å². The molecule has 2 aliphatic carbocycles. The summed E-state index contributed by atoms with van der Waals surface area (Å²) < 4.78 is 41.9. The number of alkyl halides is 3. The van der Waals surface area contributed by atoms with E-state index >= 15 is 0 Å². The molecule has 7 nitrogen and oxygen atoms in total. The van der Waals surface area contributed by atoms with Gasteiger partial charge in [0.1, 0.15) is 12.4 Å². The number of nitrogens with zero attached hydrogens (tertiary/aromatic N) is 2. The third-order valence-electron chi connectivity index (χ3n) is 5.96. The molecule has 172 valence electrons. The van der Waals surface area contributed by atoms with Crippen molar-refractivity contribution in [2.24, 2.45) is 11.7 Å². The molecular weight excluding hydrogens is 413 g/mol. The third kappa shape index (κ3) is 6.90. The Hall–Kier alpha value is -2.20. The average Bonchev–Trinajstić information content (AvgIpc) is 2.70. The van der Waals surface area contributed by atoms with Gasteiger partial charge in [-0.3, -0.25) is 4.79 Å². The maximum Gasteiger partial charge on any atom is 0.411 e. The van der Waals surface area contributed by atoms with Gasteiger partial charge in [0, 0.05) is 12.2 Å². The highest BCUT2D eigenvalue weighted by Crippen LogP contribution is 2.30. The van der Waals surface area contributed by atoms with Crippen molar-refractivity contribution < 1.29 is 27.8 Å². The average molecular weight is 442 g/mol. The first kappa shape index (κ1) is 23.5. The van der Waals surface area contributed by atoms with Gasteiger partial charge >= 0.3 is 6.18 Å². The number of hydrogen-bond donors (Lipinski definition) is 3. The maximum absolute atomic E-state index is 12.3. The van der Waals surface area contributed by atoms with Crippen LogP contribution in [0.5, 0.6) is 0 Å². The summed E-state index contributed by atoms with van der Waals surface area (Å²) >= 11 is 0. The Morgan fingerprint density at radius 1 is 1.32 bits per heavy atom. The normalized spacial score (nSPS) is 27.1. The molecule has 0 saturated heterocycles. The number of primary amides is 1. The van der Waals surface area contributed by atoms with Crippen molar-refractivity contribution >= 4 is 17.8 Å². The van der Waals surface area contributed by atoms with E-state index in [9.17, 15) is 23.1 Å².